The van der Waals surface area contributed by atoms with Crippen LogP contribution in [0.3, 0.4) is 0 Å². The average molecular weight is 311 g/mol. The number of rotatable bonds is 8. The minimum absolute atomic E-state index is 0.0576. The van der Waals surface area contributed by atoms with E-state index in [0.29, 0.717) is 18.1 Å². The van der Waals surface area contributed by atoms with Gasteiger partial charge in [-0.3, -0.25) is 9.69 Å². The third-order valence-electron chi connectivity index (χ3n) is 3.57. The van der Waals surface area contributed by atoms with Crippen molar-refractivity contribution in [1.29, 1.82) is 0 Å². The molecule has 0 aromatic carbocycles. The number of unbranched alkanes of at least 4 members (excludes halogenated alkanes) is 1. The molecule has 22 heavy (non-hydrogen) atoms. The van der Waals surface area contributed by atoms with Crippen LogP contribution < -0.4 is 0 Å². The molecule has 2 heterocycles. The molecule has 2 rings (SSSR count). The SMILES string of the molecule is CC(C)c1noc(COC(=O)CCCCN2CCOCC2)n1. The molecule has 0 saturated carbocycles. The van der Waals surface area contributed by atoms with Crippen LogP contribution in [0.2, 0.25) is 0 Å². The second-order valence-electron chi connectivity index (χ2n) is 5.77. The van der Waals surface area contributed by atoms with Crippen LogP contribution in [-0.4, -0.2) is 53.9 Å². The van der Waals surface area contributed by atoms with Gasteiger partial charge in [-0.1, -0.05) is 19.0 Å². The van der Waals surface area contributed by atoms with E-state index in [1.165, 1.54) is 0 Å². The fourth-order valence-electron chi connectivity index (χ4n) is 2.21. The Morgan fingerprint density at radius 2 is 2.09 bits per heavy atom. The van der Waals surface area contributed by atoms with Crippen LogP contribution in [0, 0.1) is 0 Å². The van der Waals surface area contributed by atoms with E-state index in [1.807, 2.05) is 13.8 Å². The number of aromatic nitrogens is 2. The molecule has 0 aliphatic carbocycles. The minimum Gasteiger partial charge on any atom is -0.456 e. The Hall–Kier alpha value is -1.47. The number of carbonyl (C=O) groups is 1. The summed E-state index contributed by atoms with van der Waals surface area (Å²) in [5.74, 6) is 0.974. The lowest BCUT2D eigenvalue weighted by molar-refractivity contribution is -0.145. The molecule has 0 amide bonds. The molecule has 0 unspecified atom stereocenters. The van der Waals surface area contributed by atoms with Crippen LogP contribution in [-0.2, 0) is 20.9 Å². The number of ether oxygens (including phenoxy) is 2. The topological polar surface area (TPSA) is 77.7 Å². The van der Waals surface area contributed by atoms with Crippen molar-refractivity contribution in [2.75, 3.05) is 32.8 Å². The standard InChI is InChI=1S/C15H25N3O4/c1-12(2)15-16-13(22-17-15)11-21-14(19)5-3-4-6-18-7-9-20-10-8-18/h12H,3-11H2,1-2H3. The van der Waals surface area contributed by atoms with E-state index in [1.54, 1.807) is 0 Å². The third kappa shape index (κ3) is 5.73. The zero-order valence-corrected chi connectivity index (χ0v) is 13.4. The number of carbonyl (C=O) groups excluding carboxylic acids is 1. The van der Waals surface area contributed by atoms with Gasteiger partial charge in [0.1, 0.15) is 0 Å². The van der Waals surface area contributed by atoms with Crippen molar-refractivity contribution in [3.05, 3.63) is 11.7 Å². The van der Waals surface area contributed by atoms with Gasteiger partial charge in [-0.25, -0.2) is 0 Å². The first-order chi connectivity index (χ1) is 10.6. The Morgan fingerprint density at radius 1 is 1.32 bits per heavy atom. The molecule has 1 saturated heterocycles. The zero-order chi connectivity index (χ0) is 15.8. The number of esters is 1. The van der Waals surface area contributed by atoms with Gasteiger partial charge in [-0.05, 0) is 19.4 Å². The minimum atomic E-state index is -0.216. The van der Waals surface area contributed by atoms with Crippen LogP contribution in [0.4, 0.5) is 0 Å². The van der Waals surface area contributed by atoms with Crippen LogP contribution in [0.15, 0.2) is 4.52 Å². The van der Waals surface area contributed by atoms with E-state index in [4.69, 9.17) is 14.0 Å². The Morgan fingerprint density at radius 3 is 2.77 bits per heavy atom. The van der Waals surface area contributed by atoms with Gasteiger partial charge >= 0.3 is 5.97 Å². The van der Waals surface area contributed by atoms with Crippen LogP contribution >= 0.6 is 0 Å². The summed E-state index contributed by atoms with van der Waals surface area (Å²) in [7, 11) is 0. The lowest BCUT2D eigenvalue weighted by atomic mass is 10.2. The number of hydrogen-bond donors (Lipinski definition) is 0. The predicted octanol–water partition coefficient (Wildman–Crippen LogP) is 1.74. The highest BCUT2D eigenvalue weighted by Crippen LogP contribution is 2.10. The second-order valence-corrected chi connectivity index (χ2v) is 5.77. The Bertz CT molecular complexity index is 455. The quantitative estimate of drug-likeness (QED) is 0.534. The molecule has 7 heteroatoms. The fraction of sp³-hybridized carbons (Fsp3) is 0.800. The van der Waals surface area contributed by atoms with Gasteiger partial charge in [0.2, 0.25) is 0 Å². The molecule has 0 spiro atoms. The van der Waals surface area contributed by atoms with Crippen molar-refractivity contribution in [3.8, 4) is 0 Å². The molecule has 1 aliphatic heterocycles. The van der Waals surface area contributed by atoms with Gasteiger partial charge in [0.15, 0.2) is 12.4 Å². The maximum Gasteiger partial charge on any atom is 0.306 e. The van der Waals surface area contributed by atoms with Crippen molar-refractivity contribution in [1.82, 2.24) is 15.0 Å². The molecule has 0 radical (unpaired) electrons. The molecule has 0 atom stereocenters. The first-order valence-electron chi connectivity index (χ1n) is 7.93. The van der Waals surface area contributed by atoms with Crippen LogP contribution in [0.5, 0.6) is 0 Å². The first kappa shape index (κ1) is 16.9. The summed E-state index contributed by atoms with van der Waals surface area (Å²) >= 11 is 0. The van der Waals surface area contributed by atoms with E-state index in [9.17, 15) is 4.79 Å². The predicted molar refractivity (Wildman–Crippen MR) is 79.3 cm³/mol. The smallest absolute Gasteiger partial charge is 0.306 e. The molecule has 7 nitrogen and oxygen atoms in total. The van der Waals surface area contributed by atoms with Crippen molar-refractivity contribution in [3.63, 3.8) is 0 Å². The van der Waals surface area contributed by atoms with Crippen molar-refractivity contribution < 1.29 is 18.8 Å². The summed E-state index contributed by atoms with van der Waals surface area (Å²) in [4.78, 5) is 18.2. The summed E-state index contributed by atoms with van der Waals surface area (Å²) in [5, 5.41) is 3.83. The molecule has 1 fully saturated rings. The van der Waals surface area contributed by atoms with Crippen molar-refractivity contribution in [2.45, 2.75) is 45.6 Å². The van der Waals surface area contributed by atoms with E-state index in [2.05, 4.69) is 15.0 Å². The average Bonchev–Trinajstić information content (AvgIpc) is 3.00. The molecule has 1 aliphatic rings. The highest BCUT2D eigenvalue weighted by Gasteiger charge is 2.12. The highest BCUT2D eigenvalue weighted by molar-refractivity contribution is 5.69. The van der Waals surface area contributed by atoms with E-state index in [-0.39, 0.29) is 18.5 Å². The van der Waals surface area contributed by atoms with Crippen LogP contribution in [0.1, 0.15) is 50.7 Å². The lowest BCUT2D eigenvalue weighted by Gasteiger charge is -2.26. The van der Waals surface area contributed by atoms with E-state index in [0.717, 1.165) is 45.7 Å². The van der Waals surface area contributed by atoms with Crippen molar-refractivity contribution >= 4 is 5.97 Å². The number of hydrogen-bond acceptors (Lipinski definition) is 7. The molecule has 1 aromatic heterocycles. The first-order valence-corrected chi connectivity index (χ1v) is 7.93. The maximum atomic E-state index is 11.7. The Balaban J connectivity index is 1.55. The van der Waals surface area contributed by atoms with Gasteiger partial charge in [0.05, 0.1) is 13.2 Å². The Kier molecular flexibility index (Phi) is 6.79. The number of nitrogens with zero attached hydrogens (tertiary/aromatic N) is 3. The van der Waals surface area contributed by atoms with E-state index < -0.39 is 0 Å². The molecule has 1 aromatic rings. The lowest BCUT2D eigenvalue weighted by Crippen LogP contribution is -2.36. The van der Waals surface area contributed by atoms with Gasteiger partial charge in [0.25, 0.3) is 5.89 Å². The normalized spacial score (nSPS) is 16.1. The van der Waals surface area contributed by atoms with Crippen molar-refractivity contribution in [2.24, 2.45) is 0 Å². The monoisotopic (exact) mass is 311 g/mol. The summed E-state index contributed by atoms with van der Waals surface area (Å²) in [5.41, 5.74) is 0. The van der Waals surface area contributed by atoms with Gasteiger partial charge < -0.3 is 14.0 Å². The molecular formula is C15H25N3O4. The molecule has 0 N–H and O–H groups in total. The zero-order valence-electron chi connectivity index (χ0n) is 13.4. The van der Waals surface area contributed by atoms with Gasteiger partial charge in [-0.15, -0.1) is 0 Å². The van der Waals surface area contributed by atoms with Gasteiger partial charge in [0, 0.05) is 25.4 Å². The Labute approximate surface area is 131 Å². The van der Waals surface area contributed by atoms with E-state index >= 15 is 0 Å². The summed E-state index contributed by atoms with van der Waals surface area (Å²) in [6, 6.07) is 0. The largest absolute Gasteiger partial charge is 0.456 e. The number of morpholine rings is 1. The highest BCUT2D eigenvalue weighted by atomic mass is 16.6. The van der Waals surface area contributed by atoms with Crippen LogP contribution in [0.25, 0.3) is 0 Å². The summed E-state index contributed by atoms with van der Waals surface area (Å²) in [6.07, 6.45) is 2.25. The maximum absolute atomic E-state index is 11.7. The third-order valence-corrected chi connectivity index (χ3v) is 3.57. The summed E-state index contributed by atoms with van der Waals surface area (Å²) < 4.78 is 15.5. The molecule has 124 valence electrons. The molecular weight excluding hydrogens is 286 g/mol. The van der Waals surface area contributed by atoms with Gasteiger partial charge in [-0.2, -0.15) is 4.98 Å². The summed E-state index contributed by atoms with van der Waals surface area (Å²) in [6.45, 7) is 8.62. The fourth-order valence-corrected chi connectivity index (χ4v) is 2.21. The second kappa shape index (κ2) is 8.85. The molecule has 0 bridgehead atoms.